The molecule has 2 fully saturated rings. The monoisotopic (exact) mass is 252 g/mol. The number of carbonyl (C=O) groups is 1. The van der Waals surface area contributed by atoms with Crippen molar-refractivity contribution >= 4 is 5.91 Å². The first kappa shape index (κ1) is 13.9. The van der Waals surface area contributed by atoms with Crippen LogP contribution in [0.4, 0.5) is 0 Å². The maximum atomic E-state index is 12.3. The Morgan fingerprint density at radius 1 is 1.06 bits per heavy atom. The van der Waals surface area contributed by atoms with Crippen molar-refractivity contribution in [3.8, 4) is 0 Å². The zero-order chi connectivity index (χ0) is 13.3. The van der Waals surface area contributed by atoms with E-state index in [-0.39, 0.29) is 0 Å². The molecular formula is C15H28N2O. The van der Waals surface area contributed by atoms with Gasteiger partial charge in [-0.25, -0.2) is 0 Å². The summed E-state index contributed by atoms with van der Waals surface area (Å²) in [6.07, 6.45) is 2.11. The van der Waals surface area contributed by atoms with Crippen LogP contribution in [0.1, 0.15) is 40.5 Å². The minimum atomic E-state index is 0.299. The van der Waals surface area contributed by atoms with Crippen molar-refractivity contribution in [2.45, 2.75) is 46.6 Å². The fraction of sp³-hybridized carbons (Fsp3) is 0.933. The second kappa shape index (κ2) is 5.60. The van der Waals surface area contributed by atoms with Crippen LogP contribution in [0.2, 0.25) is 0 Å². The standard InChI is InChI=1S/C15H28N2O/c1-11(2)14-9-17(10-14)15(18)13-5-7-16(8-6-13)12(3)4/h11-14H,5-10H2,1-4H3. The zero-order valence-corrected chi connectivity index (χ0v) is 12.4. The molecule has 2 aliphatic heterocycles. The number of rotatable bonds is 3. The van der Waals surface area contributed by atoms with Crippen molar-refractivity contribution in [1.82, 2.24) is 9.80 Å². The van der Waals surface area contributed by atoms with E-state index in [1.807, 2.05) is 0 Å². The molecule has 0 aromatic heterocycles. The summed E-state index contributed by atoms with van der Waals surface area (Å²) in [5, 5.41) is 0. The lowest BCUT2D eigenvalue weighted by Crippen LogP contribution is -2.55. The number of amides is 1. The number of piperidine rings is 1. The quantitative estimate of drug-likeness (QED) is 0.769. The van der Waals surface area contributed by atoms with E-state index in [4.69, 9.17) is 0 Å². The van der Waals surface area contributed by atoms with Gasteiger partial charge in [0.15, 0.2) is 0 Å². The first-order valence-electron chi connectivity index (χ1n) is 7.52. The van der Waals surface area contributed by atoms with Gasteiger partial charge in [0.25, 0.3) is 0 Å². The molecule has 0 aromatic carbocycles. The minimum absolute atomic E-state index is 0.299. The molecule has 2 heterocycles. The van der Waals surface area contributed by atoms with E-state index in [9.17, 15) is 4.79 Å². The minimum Gasteiger partial charge on any atom is -0.342 e. The molecule has 3 nitrogen and oxygen atoms in total. The van der Waals surface area contributed by atoms with Crippen molar-refractivity contribution in [2.24, 2.45) is 17.8 Å². The molecule has 2 aliphatic rings. The molecule has 0 radical (unpaired) electrons. The third kappa shape index (κ3) is 2.87. The number of nitrogens with zero attached hydrogens (tertiary/aromatic N) is 2. The number of hydrogen-bond acceptors (Lipinski definition) is 2. The topological polar surface area (TPSA) is 23.6 Å². The molecule has 104 valence electrons. The molecule has 0 N–H and O–H groups in total. The van der Waals surface area contributed by atoms with E-state index in [2.05, 4.69) is 37.5 Å². The summed E-state index contributed by atoms with van der Waals surface area (Å²) in [6, 6.07) is 0.621. The molecule has 0 spiro atoms. The van der Waals surface area contributed by atoms with Crippen molar-refractivity contribution in [3.05, 3.63) is 0 Å². The van der Waals surface area contributed by atoms with Crippen molar-refractivity contribution in [2.75, 3.05) is 26.2 Å². The third-order valence-electron chi connectivity index (χ3n) is 4.77. The van der Waals surface area contributed by atoms with Crippen molar-refractivity contribution in [1.29, 1.82) is 0 Å². The Balaban J connectivity index is 1.75. The first-order chi connectivity index (χ1) is 8.49. The fourth-order valence-electron chi connectivity index (χ4n) is 3.04. The number of likely N-dealkylation sites (tertiary alicyclic amines) is 2. The Morgan fingerprint density at radius 2 is 1.61 bits per heavy atom. The summed E-state index contributed by atoms with van der Waals surface area (Å²) >= 11 is 0. The Kier molecular flexibility index (Phi) is 4.31. The van der Waals surface area contributed by atoms with E-state index in [0.717, 1.165) is 50.9 Å². The predicted octanol–water partition coefficient (Wildman–Crippen LogP) is 2.22. The van der Waals surface area contributed by atoms with Gasteiger partial charge in [-0.15, -0.1) is 0 Å². The first-order valence-corrected chi connectivity index (χ1v) is 7.52. The molecule has 2 saturated heterocycles. The van der Waals surface area contributed by atoms with Gasteiger partial charge in [0.05, 0.1) is 0 Å². The van der Waals surface area contributed by atoms with Gasteiger partial charge in [-0.05, 0) is 51.6 Å². The highest BCUT2D eigenvalue weighted by atomic mass is 16.2. The van der Waals surface area contributed by atoms with Gasteiger partial charge >= 0.3 is 0 Å². The Bertz CT molecular complexity index is 287. The summed E-state index contributed by atoms with van der Waals surface area (Å²) in [4.78, 5) is 16.9. The van der Waals surface area contributed by atoms with Crippen LogP contribution in [0.5, 0.6) is 0 Å². The Hall–Kier alpha value is -0.570. The molecule has 0 atom stereocenters. The van der Waals surface area contributed by atoms with Gasteiger partial charge in [0, 0.05) is 25.0 Å². The molecule has 0 bridgehead atoms. The predicted molar refractivity (Wildman–Crippen MR) is 74.3 cm³/mol. The van der Waals surface area contributed by atoms with Gasteiger partial charge in [0.2, 0.25) is 5.91 Å². The highest BCUT2D eigenvalue weighted by molar-refractivity contribution is 5.79. The van der Waals surface area contributed by atoms with Crippen LogP contribution in [0.25, 0.3) is 0 Å². The van der Waals surface area contributed by atoms with Crippen LogP contribution >= 0.6 is 0 Å². The van der Waals surface area contributed by atoms with Crippen LogP contribution in [-0.4, -0.2) is 47.9 Å². The molecule has 0 aliphatic carbocycles. The molecular weight excluding hydrogens is 224 g/mol. The maximum Gasteiger partial charge on any atom is 0.225 e. The molecule has 1 amide bonds. The smallest absolute Gasteiger partial charge is 0.225 e. The zero-order valence-electron chi connectivity index (χ0n) is 12.4. The third-order valence-corrected chi connectivity index (χ3v) is 4.77. The second-order valence-electron chi connectivity index (χ2n) is 6.65. The molecule has 0 aromatic rings. The second-order valence-corrected chi connectivity index (χ2v) is 6.65. The Morgan fingerprint density at radius 3 is 2.06 bits per heavy atom. The molecule has 2 rings (SSSR count). The highest BCUT2D eigenvalue weighted by Crippen LogP contribution is 2.28. The SMILES string of the molecule is CC(C)C1CN(C(=O)C2CCN(C(C)C)CC2)C1. The van der Waals surface area contributed by atoms with E-state index in [1.54, 1.807) is 0 Å². The van der Waals surface area contributed by atoms with Crippen LogP contribution in [0, 0.1) is 17.8 Å². The lowest BCUT2D eigenvalue weighted by Gasteiger charge is -2.44. The molecule has 3 heteroatoms. The average molecular weight is 252 g/mol. The van der Waals surface area contributed by atoms with Gasteiger partial charge in [-0.1, -0.05) is 13.8 Å². The summed E-state index contributed by atoms with van der Waals surface area (Å²) < 4.78 is 0. The summed E-state index contributed by atoms with van der Waals surface area (Å²) in [6.45, 7) is 13.2. The van der Waals surface area contributed by atoms with E-state index in [0.29, 0.717) is 17.9 Å². The highest BCUT2D eigenvalue weighted by Gasteiger charge is 2.36. The van der Waals surface area contributed by atoms with Crippen LogP contribution in [-0.2, 0) is 4.79 Å². The van der Waals surface area contributed by atoms with E-state index >= 15 is 0 Å². The summed E-state index contributed by atoms with van der Waals surface area (Å²) in [5.41, 5.74) is 0. The van der Waals surface area contributed by atoms with Gasteiger partial charge in [-0.3, -0.25) is 4.79 Å². The lowest BCUT2D eigenvalue weighted by atomic mass is 9.86. The van der Waals surface area contributed by atoms with E-state index in [1.165, 1.54) is 0 Å². The number of hydrogen-bond donors (Lipinski definition) is 0. The Labute approximate surface area is 112 Å². The summed E-state index contributed by atoms with van der Waals surface area (Å²) in [5.74, 6) is 2.19. The number of carbonyl (C=O) groups excluding carboxylic acids is 1. The fourth-order valence-corrected chi connectivity index (χ4v) is 3.04. The maximum absolute atomic E-state index is 12.3. The molecule has 18 heavy (non-hydrogen) atoms. The van der Waals surface area contributed by atoms with E-state index < -0.39 is 0 Å². The van der Waals surface area contributed by atoms with Crippen LogP contribution in [0.3, 0.4) is 0 Å². The van der Waals surface area contributed by atoms with Crippen molar-refractivity contribution in [3.63, 3.8) is 0 Å². The summed E-state index contributed by atoms with van der Waals surface area (Å²) in [7, 11) is 0. The van der Waals surface area contributed by atoms with Gasteiger partial charge in [0.1, 0.15) is 0 Å². The van der Waals surface area contributed by atoms with Crippen molar-refractivity contribution < 1.29 is 4.79 Å². The largest absolute Gasteiger partial charge is 0.342 e. The molecule has 0 saturated carbocycles. The average Bonchev–Trinajstić information content (AvgIpc) is 2.26. The van der Waals surface area contributed by atoms with Gasteiger partial charge < -0.3 is 9.80 Å². The van der Waals surface area contributed by atoms with Crippen LogP contribution in [0.15, 0.2) is 0 Å². The van der Waals surface area contributed by atoms with Crippen LogP contribution < -0.4 is 0 Å². The normalized spacial score (nSPS) is 23.8. The molecule has 0 unspecified atom stereocenters. The van der Waals surface area contributed by atoms with Gasteiger partial charge in [-0.2, -0.15) is 0 Å². The lowest BCUT2D eigenvalue weighted by molar-refractivity contribution is -0.144.